The van der Waals surface area contributed by atoms with Crippen molar-refractivity contribution in [2.24, 2.45) is 5.92 Å². The van der Waals surface area contributed by atoms with Gasteiger partial charge in [0.05, 0.1) is 23.9 Å². The highest BCUT2D eigenvalue weighted by atomic mass is 19.1. The second-order valence-electron chi connectivity index (χ2n) is 7.90. The molecule has 0 saturated carbocycles. The minimum atomic E-state index is -0.333. The number of nitrogens with one attached hydrogen (secondary N) is 1. The van der Waals surface area contributed by atoms with E-state index in [-0.39, 0.29) is 29.7 Å². The lowest BCUT2D eigenvalue weighted by Gasteiger charge is -2.32. The van der Waals surface area contributed by atoms with E-state index < -0.39 is 0 Å². The summed E-state index contributed by atoms with van der Waals surface area (Å²) in [6.07, 6.45) is 1.70. The fraction of sp³-hybridized carbons (Fsp3) is 0.348. The molecule has 1 amide bonds. The van der Waals surface area contributed by atoms with Crippen molar-refractivity contribution in [3.8, 4) is 11.3 Å². The van der Waals surface area contributed by atoms with E-state index in [1.807, 2.05) is 19.1 Å². The summed E-state index contributed by atoms with van der Waals surface area (Å²) in [6.45, 7) is 3.86. The largest absolute Gasteiger partial charge is 0.354 e. The lowest BCUT2D eigenvalue weighted by Crippen LogP contribution is -2.44. The van der Waals surface area contributed by atoms with Crippen molar-refractivity contribution in [2.75, 3.05) is 24.5 Å². The van der Waals surface area contributed by atoms with Crippen LogP contribution in [0.5, 0.6) is 0 Å². The summed E-state index contributed by atoms with van der Waals surface area (Å²) < 4.78 is 14.5. The molecule has 1 fully saturated rings. The normalized spacial score (nSPS) is 16.1. The number of piperidine rings is 1. The van der Waals surface area contributed by atoms with E-state index in [0.29, 0.717) is 24.3 Å². The number of hydrogen-bond acceptors (Lipinski definition) is 6. The van der Waals surface area contributed by atoms with Crippen LogP contribution in [0.1, 0.15) is 18.5 Å². The third-order valence-electron chi connectivity index (χ3n) is 5.53. The summed E-state index contributed by atoms with van der Waals surface area (Å²) in [5.74, 6) is 0.251. The number of benzene rings is 1. The van der Waals surface area contributed by atoms with Gasteiger partial charge in [0, 0.05) is 31.3 Å². The zero-order valence-corrected chi connectivity index (χ0v) is 17.9. The second-order valence-corrected chi connectivity index (χ2v) is 7.90. The molecule has 4 rings (SSSR count). The molecule has 1 N–H and O–H groups in total. The van der Waals surface area contributed by atoms with Crippen LogP contribution < -0.4 is 15.8 Å². The molecule has 166 valence electrons. The topological polar surface area (TPSA) is 93.0 Å². The Kier molecular flexibility index (Phi) is 6.53. The monoisotopic (exact) mass is 436 g/mol. The van der Waals surface area contributed by atoms with Gasteiger partial charge >= 0.3 is 0 Å². The molecule has 1 saturated heterocycles. The van der Waals surface area contributed by atoms with Gasteiger partial charge in [0.1, 0.15) is 5.82 Å². The van der Waals surface area contributed by atoms with Crippen molar-refractivity contribution in [1.82, 2.24) is 25.3 Å². The summed E-state index contributed by atoms with van der Waals surface area (Å²) in [4.78, 5) is 27.0. The smallest absolute Gasteiger partial charge is 0.266 e. The third-order valence-corrected chi connectivity index (χ3v) is 5.53. The second kappa shape index (κ2) is 9.67. The van der Waals surface area contributed by atoms with Crippen LogP contribution in [-0.2, 0) is 11.3 Å². The average Bonchev–Trinajstić information content (AvgIpc) is 2.81. The number of aryl methyl sites for hydroxylation is 1. The van der Waals surface area contributed by atoms with Crippen molar-refractivity contribution in [3.63, 3.8) is 0 Å². The summed E-state index contributed by atoms with van der Waals surface area (Å²) in [6, 6.07) is 12.8. The molecule has 0 radical (unpaired) electrons. The van der Waals surface area contributed by atoms with Gasteiger partial charge in [-0.3, -0.25) is 9.59 Å². The van der Waals surface area contributed by atoms with Gasteiger partial charge < -0.3 is 10.2 Å². The maximum absolute atomic E-state index is 13.2. The van der Waals surface area contributed by atoms with Crippen LogP contribution in [0.15, 0.2) is 53.3 Å². The minimum Gasteiger partial charge on any atom is -0.354 e. The predicted octanol–water partition coefficient (Wildman–Crippen LogP) is 2.18. The van der Waals surface area contributed by atoms with Crippen LogP contribution in [0.3, 0.4) is 0 Å². The molecule has 9 heteroatoms. The minimum absolute atomic E-state index is 0.0440. The van der Waals surface area contributed by atoms with Crippen molar-refractivity contribution in [3.05, 3.63) is 70.4 Å². The summed E-state index contributed by atoms with van der Waals surface area (Å²) in [7, 11) is 0. The average molecular weight is 436 g/mol. The van der Waals surface area contributed by atoms with Crippen molar-refractivity contribution in [2.45, 2.75) is 26.3 Å². The van der Waals surface area contributed by atoms with Crippen LogP contribution in [0.25, 0.3) is 11.3 Å². The maximum atomic E-state index is 13.2. The molecule has 1 aliphatic heterocycles. The number of nitrogens with zero attached hydrogens (tertiary/aromatic N) is 5. The van der Waals surface area contributed by atoms with E-state index in [1.165, 1.54) is 22.9 Å². The van der Waals surface area contributed by atoms with Crippen LogP contribution in [0.4, 0.5) is 10.2 Å². The molecule has 32 heavy (non-hydrogen) atoms. The Morgan fingerprint density at radius 3 is 2.69 bits per heavy atom. The fourth-order valence-corrected chi connectivity index (χ4v) is 3.77. The molecule has 0 spiro atoms. The molecule has 1 unspecified atom stereocenters. The summed E-state index contributed by atoms with van der Waals surface area (Å²) in [5, 5.41) is 15.6. The number of hydrogen-bond donors (Lipinski definition) is 1. The van der Waals surface area contributed by atoms with Gasteiger partial charge in [-0.25, -0.2) is 9.07 Å². The molecule has 1 atom stereocenters. The van der Waals surface area contributed by atoms with E-state index in [2.05, 4.69) is 25.5 Å². The number of carbonyl (C=O) groups excluding carboxylic acids is 1. The number of carbonyl (C=O) groups is 1. The van der Waals surface area contributed by atoms with Crippen LogP contribution >= 0.6 is 0 Å². The van der Waals surface area contributed by atoms with Gasteiger partial charge in [-0.2, -0.15) is 10.2 Å². The molecule has 1 aromatic carbocycles. The van der Waals surface area contributed by atoms with E-state index >= 15 is 0 Å². The van der Waals surface area contributed by atoms with E-state index in [9.17, 15) is 14.0 Å². The molecule has 3 aromatic rings. The molecule has 0 aliphatic carbocycles. The summed E-state index contributed by atoms with van der Waals surface area (Å²) >= 11 is 0. The molecule has 2 aromatic heterocycles. The quantitative estimate of drug-likeness (QED) is 0.637. The molecule has 8 nitrogen and oxygen atoms in total. The van der Waals surface area contributed by atoms with Crippen molar-refractivity contribution in [1.29, 1.82) is 0 Å². The van der Waals surface area contributed by atoms with Crippen molar-refractivity contribution < 1.29 is 9.18 Å². The van der Waals surface area contributed by atoms with E-state index in [0.717, 1.165) is 30.9 Å². The molecule has 0 bridgehead atoms. The van der Waals surface area contributed by atoms with Gasteiger partial charge in [0.2, 0.25) is 5.91 Å². The Bertz CT molecular complexity index is 1130. The predicted molar refractivity (Wildman–Crippen MR) is 119 cm³/mol. The Morgan fingerprint density at radius 1 is 1.12 bits per heavy atom. The highest BCUT2D eigenvalue weighted by Crippen LogP contribution is 2.21. The van der Waals surface area contributed by atoms with E-state index in [1.54, 1.807) is 18.2 Å². The Balaban J connectivity index is 1.34. The maximum Gasteiger partial charge on any atom is 0.266 e. The standard InChI is InChI=1S/C23H25FN6O2/c1-16-4-10-21(27-26-16)29-13-2-3-18(15-29)23(32)25-12-14-30-22(31)11-9-20(28-30)17-5-7-19(24)8-6-17/h4-11,18H,2-3,12-15H2,1H3,(H,25,32). The van der Waals surface area contributed by atoms with Gasteiger partial charge in [-0.15, -0.1) is 5.10 Å². The van der Waals surface area contributed by atoms with Gasteiger partial charge in [0.15, 0.2) is 5.82 Å². The van der Waals surface area contributed by atoms with Crippen LogP contribution in [0, 0.1) is 18.7 Å². The number of amides is 1. The Labute approximate surface area is 185 Å². The zero-order chi connectivity index (χ0) is 22.5. The van der Waals surface area contributed by atoms with Gasteiger partial charge in [-0.05, 0) is 62.2 Å². The SMILES string of the molecule is Cc1ccc(N2CCCC(C(=O)NCCn3nc(-c4ccc(F)cc4)ccc3=O)C2)nn1. The number of anilines is 1. The molecular weight excluding hydrogens is 411 g/mol. The third kappa shape index (κ3) is 5.16. The van der Waals surface area contributed by atoms with Gasteiger partial charge in [-0.1, -0.05) is 0 Å². The first kappa shape index (κ1) is 21.6. The highest BCUT2D eigenvalue weighted by Gasteiger charge is 2.26. The zero-order valence-electron chi connectivity index (χ0n) is 17.9. The van der Waals surface area contributed by atoms with Gasteiger partial charge in [0.25, 0.3) is 5.56 Å². The number of halogens is 1. The molecular formula is C23H25FN6O2. The number of aromatic nitrogens is 4. The van der Waals surface area contributed by atoms with Crippen molar-refractivity contribution >= 4 is 11.7 Å². The molecule has 1 aliphatic rings. The lowest BCUT2D eigenvalue weighted by atomic mass is 9.97. The summed E-state index contributed by atoms with van der Waals surface area (Å²) in [5.41, 5.74) is 1.88. The fourth-order valence-electron chi connectivity index (χ4n) is 3.77. The first-order chi connectivity index (χ1) is 15.5. The Hall–Kier alpha value is -3.62. The highest BCUT2D eigenvalue weighted by molar-refractivity contribution is 5.79. The van der Waals surface area contributed by atoms with Crippen LogP contribution in [-0.4, -0.2) is 45.5 Å². The molecule has 3 heterocycles. The lowest BCUT2D eigenvalue weighted by molar-refractivity contribution is -0.125. The van der Waals surface area contributed by atoms with E-state index in [4.69, 9.17) is 0 Å². The Morgan fingerprint density at radius 2 is 1.94 bits per heavy atom. The first-order valence-electron chi connectivity index (χ1n) is 10.7. The first-order valence-corrected chi connectivity index (χ1v) is 10.7. The number of rotatable bonds is 6. The van der Waals surface area contributed by atoms with Crippen LogP contribution in [0.2, 0.25) is 0 Å².